The Morgan fingerprint density at radius 3 is 2.47 bits per heavy atom. The zero-order valence-electron chi connectivity index (χ0n) is 10.6. The molecular weight excluding hydrogens is 186 g/mol. The minimum Gasteiger partial charge on any atom is -0.399 e. The highest BCUT2D eigenvalue weighted by Crippen LogP contribution is 2.34. The summed E-state index contributed by atoms with van der Waals surface area (Å²) in [6.45, 7) is 9.13. The van der Waals surface area contributed by atoms with Crippen LogP contribution >= 0.6 is 0 Å². The molecule has 1 aliphatic rings. The Morgan fingerprint density at radius 1 is 1.33 bits per heavy atom. The molecule has 0 radical (unpaired) electrons. The van der Waals surface area contributed by atoms with Gasteiger partial charge in [0.25, 0.3) is 0 Å². The van der Waals surface area contributed by atoms with E-state index in [0.29, 0.717) is 5.92 Å². The van der Waals surface area contributed by atoms with Crippen molar-refractivity contribution in [2.24, 2.45) is 22.9 Å². The lowest BCUT2D eigenvalue weighted by atomic mass is 9.75. The van der Waals surface area contributed by atoms with Gasteiger partial charge in [-0.25, -0.2) is 0 Å². The molecule has 0 saturated carbocycles. The molecule has 0 fully saturated rings. The van der Waals surface area contributed by atoms with Crippen molar-refractivity contribution in [3.8, 4) is 0 Å². The first-order chi connectivity index (χ1) is 7.06. The molecule has 1 rings (SSSR count). The van der Waals surface area contributed by atoms with E-state index in [1.54, 1.807) is 7.11 Å². The second-order valence-electron chi connectivity index (χ2n) is 4.95. The molecule has 1 unspecified atom stereocenters. The van der Waals surface area contributed by atoms with Gasteiger partial charge in [0.15, 0.2) is 0 Å². The number of oxime groups is 1. The SMILES string of the molecule is CO/N=C1\C=C(C(C)C)C(C(C)C)CC1. The highest BCUT2D eigenvalue weighted by molar-refractivity contribution is 5.96. The third-order valence-electron chi connectivity index (χ3n) is 3.15. The lowest BCUT2D eigenvalue weighted by Gasteiger charge is -2.30. The van der Waals surface area contributed by atoms with Gasteiger partial charge in [-0.15, -0.1) is 0 Å². The second kappa shape index (κ2) is 5.34. The summed E-state index contributed by atoms with van der Waals surface area (Å²) < 4.78 is 0. The van der Waals surface area contributed by atoms with Crippen LogP contribution in [-0.2, 0) is 4.84 Å². The van der Waals surface area contributed by atoms with Crippen molar-refractivity contribution in [2.45, 2.75) is 40.5 Å². The summed E-state index contributed by atoms with van der Waals surface area (Å²) in [7, 11) is 1.62. The average Bonchev–Trinajstić information content (AvgIpc) is 2.17. The molecule has 2 heteroatoms. The van der Waals surface area contributed by atoms with E-state index in [0.717, 1.165) is 24.0 Å². The maximum atomic E-state index is 4.85. The predicted octanol–water partition coefficient (Wildman–Crippen LogP) is 3.64. The molecule has 0 bridgehead atoms. The van der Waals surface area contributed by atoms with E-state index in [9.17, 15) is 0 Å². The van der Waals surface area contributed by atoms with Crippen LogP contribution in [0, 0.1) is 17.8 Å². The van der Waals surface area contributed by atoms with Crippen molar-refractivity contribution in [2.75, 3.05) is 7.11 Å². The molecule has 0 N–H and O–H groups in total. The minimum absolute atomic E-state index is 0.611. The number of nitrogens with zero attached hydrogens (tertiary/aromatic N) is 1. The Bertz CT molecular complexity index is 264. The lowest BCUT2D eigenvalue weighted by Crippen LogP contribution is -2.22. The van der Waals surface area contributed by atoms with Crippen LogP contribution in [0.25, 0.3) is 0 Å². The first kappa shape index (κ1) is 12.3. The van der Waals surface area contributed by atoms with Gasteiger partial charge in [-0.3, -0.25) is 0 Å². The average molecular weight is 209 g/mol. The Morgan fingerprint density at radius 2 is 2.00 bits per heavy atom. The molecule has 0 saturated heterocycles. The van der Waals surface area contributed by atoms with Crippen molar-refractivity contribution >= 4 is 5.71 Å². The first-order valence-corrected chi connectivity index (χ1v) is 5.87. The van der Waals surface area contributed by atoms with Gasteiger partial charge in [-0.05, 0) is 36.7 Å². The van der Waals surface area contributed by atoms with Crippen LogP contribution < -0.4 is 0 Å². The van der Waals surface area contributed by atoms with Crippen molar-refractivity contribution in [3.05, 3.63) is 11.6 Å². The van der Waals surface area contributed by atoms with E-state index >= 15 is 0 Å². The van der Waals surface area contributed by atoms with Crippen LogP contribution in [0.5, 0.6) is 0 Å². The van der Waals surface area contributed by atoms with Crippen molar-refractivity contribution < 1.29 is 4.84 Å². The van der Waals surface area contributed by atoms with E-state index < -0.39 is 0 Å². The summed E-state index contributed by atoms with van der Waals surface area (Å²) in [5.74, 6) is 2.06. The van der Waals surface area contributed by atoms with Gasteiger partial charge in [0.05, 0.1) is 5.71 Å². The molecule has 0 heterocycles. The number of hydrogen-bond acceptors (Lipinski definition) is 2. The van der Waals surface area contributed by atoms with Gasteiger partial charge < -0.3 is 4.84 Å². The van der Waals surface area contributed by atoms with Crippen LogP contribution in [0.3, 0.4) is 0 Å². The van der Waals surface area contributed by atoms with E-state index in [1.807, 2.05) is 0 Å². The summed E-state index contributed by atoms with van der Waals surface area (Å²) in [5.41, 5.74) is 2.63. The highest BCUT2D eigenvalue weighted by atomic mass is 16.6. The molecule has 0 amide bonds. The quantitative estimate of drug-likeness (QED) is 0.650. The Kier molecular flexibility index (Phi) is 4.37. The maximum Gasteiger partial charge on any atom is 0.106 e. The van der Waals surface area contributed by atoms with Gasteiger partial charge in [0.2, 0.25) is 0 Å². The Balaban J connectivity index is 2.91. The third kappa shape index (κ3) is 3.08. The molecule has 2 nitrogen and oxygen atoms in total. The standard InChI is InChI=1S/C13H23NO/c1-9(2)12-7-6-11(14-15-5)8-13(12)10(3)4/h8-10,12H,6-7H2,1-5H3/b14-11-. The maximum absolute atomic E-state index is 4.85. The fourth-order valence-electron chi connectivity index (χ4n) is 2.34. The van der Waals surface area contributed by atoms with E-state index in [1.165, 1.54) is 12.0 Å². The van der Waals surface area contributed by atoms with Gasteiger partial charge in [-0.1, -0.05) is 38.4 Å². The monoisotopic (exact) mass is 209 g/mol. The van der Waals surface area contributed by atoms with Crippen LogP contribution in [-0.4, -0.2) is 12.8 Å². The molecule has 0 spiro atoms. The molecular formula is C13H23NO. The van der Waals surface area contributed by atoms with Crippen molar-refractivity contribution in [1.29, 1.82) is 0 Å². The second-order valence-corrected chi connectivity index (χ2v) is 4.95. The van der Waals surface area contributed by atoms with Crippen LogP contribution in [0.4, 0.5) is 0 Å². The highest BCUT2D eigenvalue weighted by Gasteiger charge is 2.25. The molecule has 1 atom stereocenters. The molecule has 0 aromatic carbocycles. The number of allylic oxidation sites excluding steroid dienone is 2. The van der Waals surface area contributed by atoms with E-state index in [-0.39, 0.29) is 0 Å². The molecule has 0 aliphatic heterocycles. The first-order valence-electron chi connectivity index (χ1n) is 5.87. The fraction of sp³-hybridized carbons (Fsp3) is 0.769. The topological polar surface area (TPSA) is 21.6 Å². The predicted molar refractivity (Wildman–Crippen MR) is 64.9 cm³/mol. The summed E-state index contributed by atoms with van der Waals surface area (Å²) in [6.07, 6.45) is 4.50. The lowest BCUT2D eigenvalue weighted by molar-refractivity contribution is 0.212. The van der Waals surface area contributed by atoms with Gasteiger partial charge >= 0.3 is 0 Å². The number of hydrogen-bond donors (Lipinski definition) is 0. The summed E-state index contributed by atoms with van der Waals surface area (Å²) in [5, 5.41) is 4.05. The largest absolute Gasteiger partial charge is 0.399 e. The van der Waals surface area contributed by atoms with Gasteiger partial charge in [0, 0.05) is 0 Å². The van der Waals surface area contributed by atoms with Crippen LogP contribution in [0.2, 0.25) is 0 Å². The molecule has 1 aliphatic carbocycles. The summed E-state index contributed by atoms with van der Waals surface area (Å²) in [4.78, 5) is 4.85. The minimum atomic E-state index is 0.611. The van der Waals surface area contributed by atoms with Crippen LogP contribution in [0.1, 0.15) is 40.5 Å². The number of rotatable bonds is 3. The van der Waals surface area contributed by atoms with E-state index in [4.69, 9.17) is 4.84 Å². The Hall–Kier alpha value is -0.790. The zero-order valence-corrected chi connectivity index (χ0v) is 10.6. The van der Waals surface area contributed by atoms with Gasteiger partial charge in [0.1, 0.15) is 7.11 Å². The van der Waals surface area contributed by atoms with Crippen LogP contribution in [0.15, 0.2) is 16.8 Å². The molecule has 86 valence electrons. The third-order valence-corrected chi connectivity index (χ3v) is 3.15. The molecule has 0 aromatic rings. The Labute approximate surface area is 93.4 Å². The zero-order chi connectivity index (χ0) is 11.4. The summed E-state index contributed by atoms with van der Waals surface area (Å²) in [6, 6.07) is 0. The smallest absolute Gasteiger partial charge is 0.106 e. The van der Waals surface area contributed by atoms with Crippen molar-refractivity contribution in [3.63, 3.8) is 0 Å². The molecule has 0 aromatic heterocycles. The normalized spacial score (nSPS) is 24.9. The molecule has 15 heavy (non-hydrogen) atoms. The van der Waals surface area contributed by atoms with E-state index in [2.05, 4.69) is 38.9 Å². The van der Waals surface area contributed by atoms with Crippen molar-refractivity contribution in [1.82, 2.24) is 0 Å². The van der Waals surface area contributed by atoms with Gasteiger partial charge in [-0.2, -0.15) is 0 Å². The fourth-order valence-corrected chi connectivity index (χ4v) is 2.34. The summed E-state index contributed by atoms with van der Waals surface area (Å²) >= 11 is 0.